The molecule has 0 N–H and O–H groups in total. The van der Waals surface area contributed by atoms with Crippen LogP contribution >= 0.6 is 0 Å². The molecular weight excluding hydrogens is 417 g/mol. The van der Waals surface area contributed by atoms with Crippen molar-refractivity contribution in [1.82, 2.24) is 13.9 Å². The van der Waals surface area contributed by atoms with E-state index in [4.69, 9.17) is 0 Å². The van der Waals surface area contributed by atoms with Crippen LogP contribution in [0.1, 0.15) is 33.8 Å². The molecule has 0 aliphatic carbocycles. The molecule has 2 aromatic carbocycles. The Morgan fingerprint density at radius 1 is 1.19 bits per heavy atom. The van der Waals surface area contributed by atoms with Crippen LogP contribution in [0.25, 0.3) is 0 Å². The molecule has 1 fully saturated rings. The van der Waals surface area contributed by atoms with Crippen LogP contribution in [0.4, 0.5) is 4.39 Å². The van der Waals surface area contributed by atoms with Gasteiger partial charge in [0, 0.05) is 38.3 Å². The summed E-state index contributed by atoms with van der Waals surface area (Å²) in [5.74, 6) is -0.547. The summed E-state index contributed by atoms with van der Waals surface area (Å²) in [5.41, 5.74) is 1.89. The van der Waals surface area contributed by atoms with Gasteiger partial charge >= 0.3 is 0 Å². The molecule has 162 valence electrons. The van der Waals surface area contributed by atoms with E-state index in [2.05, 4.69) is 4.98 Å². The zero-order valence-electron chi connectivity index (χ0n) is 17.4. The smallest absolute Gasteiger partial charge is 0.262 e. The van der Waals surface area contributed by atoms with Crippen LogP contribution in [0.5, 0.6) is 0 Å². The highest BCUT2D eigenvalue weighted by molar-refractivity contribution is 7.89. The van der Waals surface area contributed by atoms with Gasteiger partial charge in [0.05, 0.1) is 6.33 Å². The first-order valence-electron chi connectivity index (χ1n) is 10.1. The number of benzene rings is 2. The molecule has 1 atom stereocenters. The molecule has 1 aliphatic rings. The van der Waals surface area contributed by atoms with Crippen molar-refractivity contribution in [2.75, 3.05) is 13.1 Å². The Labute approximate surface area is 181 Å². The van der Waals surface area contributed by atoms with Crippen LogP contribution in [0.15, 0.2) is 66.1 Å². The fourth-order valence-corrected chi connectivity index (χ4v) is 5.49. The van der Waals surface area contributed by atoms with Gasteiger partial charge in [0.2, 0.25) is 0 Å². The molecule has 6 nitrogen and oxygen atoms in total. The minimum Gasteiger partial charge on any atom is -0.339 e. The molecule has 1 unspecified atom stereocenters. The van der Waals surface area contributed by atoms with Crippen molar-refractivity contribution in [3.8, 4) is 0 Å². The zero-order chi connectivity index (χ0) is 22.2. The average Bonchev–Trinajstić information content (AvgIpc) is 3.16. The number of ketones is 1. The molecule has 1 aliphatic heterocycles. The van der Waals surface area contributed by atoms with Gasteiger partial charge in [-0.1, -0.05) is 30.3 Å². The van der Waals surface area contributed by atoms with Gasteiger partial charge in [-0.2, -0.15) is 4.31 Å². The fraction of sp³-hybridized carbons (Fsp3) is 0.304. The van der Waals surface area contributed by atoms with Crippen molar-refractivity contribution in [2.45, 2.75) is 24.3 Å². The summed E-state index contributed by atoms with van der Waals surface area (Å²) in [6, 6.07) is 14.0. The van der Waals surface area contributed by atoms with Crippen molar-refractivity contribution in [2.24, 2.45) is 13.0 Å². The van der Waals surface area contributed by atoms with E-state index in [1.54, 1.807) is 24.6 Å². The first kappa shape index (κ1) is 21.4. The third kappa shape index (κ3) is 4.31. The number of carbonyl (C=O) groups is 1. The second kappa shape index (κ2) is 8.36. The first-order valence-corrected chi connectivity index (χ1v) is 11.5. The molecule has 0 radical (unpaired) electrons. The lowest BCUT2D eigenvalue weighted by Gasteiger charge is -2.42. The van der Waals surface area contributed by atoms with Crippen molar-refractivity contribution in [3.63, 3.8) is 0 Å². The number of Topliss-reactive ketones (excluding diaryl/α,β-unsaturated/α-hetero) is 1. The summed E-state index contributed by atoms with van der Waals surface area (Å²) in [6.07, 6.45) is 3.18. The van der Waals surface area contributed by atoms with Crippen molar-refractivity contribution >= 4 is 15.8 Å². The van der Waals surface area contributed by atoms with Crippen molar-refractivity contribution < 1.29 is 17.6 Å². The number of nitrogens with zero attached hydrogens (tertiary/aromatic N) is 3. The average molecular weight is 442 g/mol. The molecule has 0 spiro atoms. The molecule has 2 heterocycles. The van der Waals surface area contributed by atoms with E-state index in [9.17, 15) is 17.6 Å². The summed E-state index contributed by atoms with van der Waals surface area (Å²) in [6.45, 7) is 2.29. The summed E-state index contributed by atoms with van der Waals surface area (Å²) in [4.78, 5) is 16.9. The SMILES string of the molecule is Cc1cc(C(=O)CC(c2ccccc2)C2CN(S(=O)(=O)c3cn(C)cn3)C2)ccc1F. The quantitative estimate of drug-likeness (QED) is 0.526. The number of rotatable bonds is 7. The summed E-state index contributed by atoms with van der Waals surface area (Å²) >= 11 is 0. The third-order valence-corrected chi connectivity index (χ3v) is 7.56. The van der Waals surface area contributed by atoms with E-state index >= 15 is 0 Å². The normalized spacial score (nSPS) is 16.1. The Bertz CT molecular complexity index is 1200. The van der Waals surface area contributed by atoms with Crippen LogP contribution < -0.4 is 0 Å². The summed E-state index contributed by atoms with van der Waals surface area (Å²) in [7, 11) is -1.92. The first-order chi connectivity index (χ1) is 14.8. The maximum Gasteiger partial charge on any atom is 0.262 e. The Kier molecular flexibility index (Phi) is 5.77. The number of halogens is 1. The van der Waals surface area contributed by atoms with Crippen LogP contribution in [0, 0.1) is 18.7 Å². The number of hydrogen-bond acceptors (Lipinski definition) is 4. The number of aryl methyl sites for hydroxylation is 2. The maximum absolute atomic E-state index is 13.6. The Morgan fingerprint density at radius 3 is 2.52 bits per heavy atom. The molecule has 31 heavy (non-hydrogen) atoms. The van der Waals surface area contributed by atoms with Gasteiger partial charge in [0.1, 0.15) is 5.82 Å². The fourth-order valence-electron chi connectivity index (χ4n) is 3.97. The van der Waals surface area contributed by atoms with Crippen LogP contribution in [0.3, 0.4) is 0 Å². The van der Waals surface area contributed by atoms with Gasteiger partial charge in [0.25, 0.3) is 10.0 Å². The largest absolute Gasteiger partial charge is 0.339 e. The predicted molar refractivity (Wildman–Crippen MR) is 115 cm³/mol. The zero-order valence-corrected chi connectivity index (χ0v) is 18.2. The Hall–Kier alpha value is -2.84. The Morgan fingerprint density at radius 2 is 1.90 bits per heavy atom. The van der Waals surface area contributed by atoms with Crippen LogP contribution in [-0.2, 0) is 17.1 Å². The van der Waals surface area contributed by atoms with E-state index in [0.717, 1.165) is 5.56 Å². The predicted octanol–water partition coefficient (Wildman–Crippen LogP) is 3.54. The van der Waals surface area contributed by atoms with E-state index < -0.39 is 10.0 Å². The van der Waals surface area contributed by atoms with Gasteiger partial charge < -0.3 is 4.57 Å². The number of imidazole rings is 1. The van der Waals surface area contributed by atoms with Crippen LogP contribution in [-0.4, -0.2) is 41.1 Å². The molecule has 0 bridgehead atoms. The second-order valence-electron chi connectivity index (χ2n) is 8.07. The number of carbonyl (C=O) groups excluding carboxylic acids is 1. The lowest BCUT2D eigenvalue weighted by atomic mass is 9.78. The highest BCUT2D eigenvalue weighted by Crippen LogP contribution is 2.37. The van der Waals surface area contributed by atoms with Gasteiger partial charge in [-0.05, 0) is 48.1 Å². The number of sulfonamides is 1. The van der Waals surface area contributed by atoms with E-state index in [1.165, 1.54) is 29.0 Å². The molecule has 3 aromatic rings. The maximum atomic E-state index is 13.6. The molecule has 1 aromatic heterocycles. The minimum absolute atomic E-state index is 0.00591. The summed E-state index contributed by atoms with van der Waals surface area (Å²) < 4.78 is 42.2. The molecule has 0 amide bonds. The van der Waals surface area contributed by atoms with Crippen LogP contribution in [0.2, 0.25) is 0 Å². The van der Waals surface area contributed by atoms with Crippen molar-refractivity contribution in [1.29, 1.82) is 0 Å². The highest BCUT2D eigenvalue weighted by atomic mass is 32.2. The summed E-state index contributed by atoms with van der Waals surface area (Å²) in [5, 5.41) is 0.0302. The van der Waals surface area contributed by atoms with Gasteiger partial charge in [-0.3, -0.25) is 4.79 Å². The molecule has 8 heteroatoms. The third-order valence-electron chi connectivity index (χ3n) is 5.84. The van der Waals surface area contributed by atoms with E-state index in [-0.39, 0.29) is 34.9 Å². The standard InChI is InChI=1S/C23H24FN3O3S/c1-16-10-18(8-9-21(16)24)22(28)11-20(17-6-4-3-5-7-17)19-12-27(13-19)31(29,30)23-14-26(2)15-25-23/h3-10,14-15,19-20H,11-13H2,1-2H3. The van der Waals surface area contributed by atoms with Crippen molar-refractivity contribution in [3.05, 3.63) is 83.6 Å². The van der Waals surface area contributed by atoms with E-state index in [1.807, 2.05) is 30.3 Å². The lowest BCUT2D eigenvalue weighted by Crippen LogP contribution is -2.52. The minimum atomic E-state index is -3.65. The van der Waals surface area contributed by atoms with E-state index in [0.29, 0.717) is 24.2 Å². The van der Waals surface area contributed by atoms with Gasteiger partial charge in [-0.25, -0.2) is 17.8 Å². The Balaban J connectivity index is 1.53. The highest BCUT2D eigenvalue weighted by Gasteiger charge is 2.42. The number of hydrogen-bond donors (Lipinski definition) is 0. The second-order valence-corrected chi connectivity index (χ2v) is 9.95. The molecule has 4 rings (SSSR count). The van der Waals surface area contributed by atoms with Gasteiger partial charge in [-0.15, -0.1) is 0 Å². The molecule has 1 saturated heterocycles. The van der Waals surface area contributed by atoms with Gasteiger partial charge in [0.15, 0.2) is 10.8 Å². The molecule has 0 saturated carbocycles. The topological polar surface area (TPSA) is 72.3 Å². The monoisotopic (exact) mass is 441 g/mol. The number of aromatic nitrogens is 2. The molecular formula is C23H24FN3O3S. The lowest BCUT2D eigenvalue weighted by molar-refractivity contribution is 0.0931.